The van der Waals surface area contributed by atoms with Gasteiger partial charge in [0.15, 0.2) is 0 Å². The Kier molecular flexibility index (Phi) is 5.08. The molecule has 0 fully saturated rings. The Morgan fingerprint density at radius 3 is 2.83 bits per heavy atom. The van der Waals surface area contributed by atoms with E-state index in [0.717, 1.165) is 10.4 Å². The third-order valence-electron chi connectivity index (χ3n) is 3.31. The Bertz CT molecular complexity index is 906. The summed E-state index contributed by atoms with van der Waals surface area (Å²) in [6.45, 7) is 0.220. The number of hydrogen-bond donors (Lipinski definition) is 1. The lowest BCUT2D eigenvalue weighted by molar-refractivity contribution is -0.122. The number of aromatic nitrogens is 2. The van der Waals surface area contributed by atoms with Crippen molar-refractivity contribution in [2.45, 2.75) is 13.1 Å². The molecule has 3 rings (SSSR count). The Morgan fingerprint density at radius 1 is 1.21 bits per heavy atom. The molecule has 0 saturated carbocycles. The summed E-state index contributed by atoms with van der Waals surface area (Å²) in [5, 5.41) is 9.57. The third-order valence-corrected chi connectivity index (χ3v) is 4.44. The number of nitrogens with one attached hydrogen (secondary N) is 1. The molecule has 5 nitrogen and oxygen atoms in total. The summed E-state index contributed by atoms with van der Waals surface area (Å²) in [5.41, 5.74) is 1.25. The molecule has 0 aliphatic carbocycles. The van der Waals surface area contributed by atoms with E-state index in [1.165, 1.54) is 22.1 Å². The number of amides is 1. The van der Waals surface area contributed by atoms with Crippen molar-refractivity contribution < 1.29 is 4.79 Å². The van der Waals surface area contributed by atoms with Crippen LogP contribution in [0, 0.1) is 0 Å². The van der Waals surface area contributed by atoms with Crippen LogP contribution in [-0.2, 0) is 17.9 Å². The van der Waals surface area contributed by atoms with Crippen molar-refractivity contribution in [3.05, 3.63) is 74.9 Å². The Balaban J connectivity index is 1.68. The number of carbonyl (C=O) groups is 1. The minimum absolute atomic E-state index is 0.126. The van der Waals surface area contributed by atoms with E-state index in [4.69, 9.17) is 11.6 Å². The van der Waals surface area contributed by atoms with E-state index in [-0.39, 0.29) is 18.0 Å². The van der Waals surface area contributed by atoms with Crippen molar-refractivity contribution in [1.29, 1.82) is 0 Å². The molecule has 1 aromatic carbocycles. The molecule has 0 unspecified atom stereocenters. The molecule has 1 amide bonds. The van der Waals surface area contributed by atoms with Gasteiger partial charge in [-0.1, -0.05) is 29.8 Å². The number of benzene rings is 1. The van der Waals surface area contributed by atoms with E-state index in [2.05, 4.69) is 10.4 Å². The van der Waals surface area contributed by atoms with Crippen molar-refractivity contribution in [3.8, 4) is 10.6 Å². The number of hydrogen-bond acceptors (Lipinski definition) is 4. The van der Waals surface area contributed by atoms with Crippen LogP contribution in [0.2, 0.25) is 5.02 Å². The van der Waals surface area contributed by atoms with Crippen LogP contribution in [0.25, 0.3) is 10.6 Å². The molecular formula is C17H14ClN3O2S. The predicted molar refractivity (Wildman–Crippen MR) is 95.1 cm³/mol. The topological polar surface area (TPSA) is 64.0 Å². The smallest absolute Gasteiger partial charge is 0.267 e. The zero-order valence-electron chi connectivity index (χ0n) is 12.6. The van der Waals surface area contributed by atoms with Gasteiger partial charge in [0.1, 0.15) is 12.2 Å². The molecule has 0 radical (unpaired) electrons. The molecule has 0 saturated heterocycles. The summed E-state index contributed by atoms with van der Waals surface area (Å²) in [5.74, 6) is -0.284. The second kappa shape index (κ2) is 7.42. The number of thiophene rings is 1. The summed E-state index contributed by atoms with van der Waals surface area (Å²) in [4.78, 5) is 24.9. The zero-order chi connectivity index (χ0) is 16.9. The van der Waals surface area contributed by atoms with Crippen LogP contribution >= 0.6 is 22.9 Å². The summed E-state index contributed by atoms with van der Waals surface area (Å²) in [6, 6.07) is 14.2. The van der Waals surface area contributed by atoms with Gasteiger partial charge in [-0.2, -0.15) is 5.10 Å². The number of rotatable bonds is 5. The van der Waals surface area contributed by atoms with E-state index in [0.29, 0.717) is 17.3 Å². The maximum Gasteiger partial charge on any atom is 0.267 e. The highest BCUT2D eigenvalue weighted by Crippen LogP contribution is 2.21. The summed E-state index contributed by atoms with van der Waals surface area (Å²) in [6.07, 6.45) is 0. The molecule has 0 aliphatic heterocycles. The lowest BCUT2D eigenvalue weighted by Crippen LogP contribution is -2.33. The van der Waals surface area contributed by atoms with Crippen molar-refractivity contribution in [3.63, 3.8) is 0 Å². The minimum atomic E-state index is -0.312. The largest absolute Gasteiger partial charge is 0.350 e. The van der Waals surface area contributed by atoms with Gasteiger partial charge in [-0.3, -0.25) is 9.59 Å². The quantitative estimate of drug-likeness (QED) is 0.761. The van der Waals surface area contributed by atoms with Crippen LogP contribution in [0.4, 0.5) is 0 Å². The van der Waals surface area contributed by atoms with Gasteiger partial charge < -0.3 is 5.32 Å². The average Bonchev–Trinajstić information content (AvgIpc) is 3.10. The summed E-state index contributed by atoms with van der Waals surface area (Å²) >= 11 is 7.44. The van der Waals surface area contributed by atoms with Gasteiger partial charge in [-0.25, -0.2) is 4.68 Å². The molecule has 3 aromatic rings. The predicted octanol–water partition coefficient (Wildman–Crippen LogP) is 2.94. The maximum absolute atomic E-state index is 12.1. The first-order valence-electron chi connectivity index (χ1n) is 7.25. The molecule has 7 heteroatoms. The number of halogens is 1. The molecule has 0 bridgehead atoms. The molecule has 0 aliphatic rings. The second-order valence-corrected chi connectivity index (χ2v) is 6.48. The van der Waals surface area contributed by atoms with Gasteiger partial charge in [-0.15, -0.1) is 11.3 Å². The second-order valence-electron chi connectivity index (χ2n) is 5.10. The lowest BCUT2D eigenvalue weighted by Gasteiger charge is -2.08. The molecule has 2 heterocycles. The minimum Gasteiger partial charge on any atom is -0.350 e. The van der Waals surface area contributed by atoms with Crippen LogP contribution in [0.5, 0.6) is 0 Å². The Morgan fingerprint density at radius 2 is 2.08 bits per heavy atom. The maximum atomic E-state index is 12.1. The van der Waals surface area contributed by atoms with E-state index >= 15 is 0 Å². The Labute approximate surface area is 147 Å². The van der Waals surface area contributed by atoms with Crippen LogP contribution in [0.3, 0.4) is 0 Å². The lowest BCUT2D eigenvalue weighted by atomic mass is 10.2. The third kappa shape index (κ3) is 4.10. The van der Waals surface area contributed by atoms with Gasteiger partial charge in [0.25, 0.3) is 5.56 Å². The highest BCUT2D eigenvalue weighted by atomic mass is 35.5. The fraction of sp³-hybridized carbons (Fsp3) is 0.118. The molecule has 0 spiro atoms. The molecule has 2 aromatic heterocycles. The molecule has 122 valence electrons. The molecule has 24 heavy (non-hydrogen) atoms. The van der Waals surface area contributed by atoms with Gasteiger partial charge in [-0.05, 0) is 35.2 Å². The van der Waals surface area contributed by atoms with E-state index < -0.39 is 0 Å². The number of carbonyl (C=O) groups excluding carboxylic acids is 1. The Hall–Kier alpha value is -2.44. The summed E-state index contributed by atoms with van der Waals surface area (Å²) < 4.78 is 1.17. The highest BCUT2D eigenvalue weighted by molar-refractivity contribution is 7.13. The summed E-state index contributed by atoms with van der Waals surface area (Å²) in [7, 11) is 0. The fourth-order valence-corrected chi connectivity index (χ4v) is 3.06. The van der Waals surface area contributed by atoms with Crippen molar-refractivity contribution in [2.75, 3.05) is 0 Å². The van der Waals surface area contributed by atoms with E-state index in [9.17, 15) is 9.59 Å². The monoisotopic (exact) mass is 359 g/mol. The van der Waals surface area contributed by atoms with Gasteiger partial charge in [0.05, 0.1) is 4.88 Å². The first-order valence-corrected chi connectivity index (χ1v) is 8.51. The average molecular weight is 360 g/mol. The fourth-order valence-electron chi connectivity index (χ4n) is 2.16. The SMILES string of the molecule is O=C(Cn1nc(-c2cccs2)ccc1=O)NCc1cccc(Cl)c1. The number of nitrogens with zero attached hydrogens (tertiary/aromatic N) is 2. The van der Waals surface area contributed by atoms with Crippen LogP contribution in [0.15, 0.2) is 58.7 Å². The van der Waals surface area contributed by atoms with Crippen molar-refractivity contribution >= 4 is 28.8 Å². The van der Waals surface area contributed by atoms with Gasteiger partial charge >= 0.3 is 0 Å². The zero-order valence-corrected chi connectivity index (χ0v) is 14.2. The van der Waals surface area contributed by atoms with Crippen molar-refractivity contribution in [2.24, 2.45) is 0 Å². The van der Waals surface area contributed by atoms with Gasteiger partial charge in [0, 0.05) is 17.6 Å². The normalized spacial score (nSPS) is 10.5. The highest BCUT2D eigenvalue weighted by Gasteiger charge is 2.08. The van der Waals surface area contributed by atoms with E-state index in [1.54, 1.807) is 18.2 Å². The van der Waals surface area contributed by atoms with E-state index in [1.807, 2.05) is 29.6 Å². The molecule has 1 N–H and O–H groups in total. The standard InChI is InChI=1S/C17H14ClN3O2S/c18-13-4-1-3-12(9-13)10-19-16(22)11-21-17(23)7-6-14(20-21)15-5-2-8-24-15/h1-9H,10-11H2,(H,19,22). The van der Waals surface area contributed by atoms with Crippen LogP contribution in [0.1, 0.15) is 5.56 Å². The molecule has 0 atom stereocenters. The first kappa shape index (κ1) is 16.4. The van der Waals surface area contributed by atoms with Crippen LogP contribution < -0.4 is 10.9 Å². The first-order chi connectivity index (χ1) is 11.6. The van der Waals surface area contributed by atoms with Crippen molar-refractivity contribution in [1.82, 2.24) is 15.1 Å². The van der Waals surface area contributed by atoms with Gasteiger partial charge in [0.2, 0.25) is 5.91 Å². The van der Waals surface area contributed by atoms with Crippen LogP contribution in [-0.4, -0.2) is 15.7 Å². The molecular weight excluding hydrogens is 346 g/mol.